The maximum Gasteiger partial charge on any atom is 0.372 e. The molecule has 4 rings (SSSR count). The molecule has 28 heavy (non-hydrogen) atoms. The Bertz CT molecular complexity index is 1160. The van der Waals surface area contributed by atoms with Gasteiger partial charge in [-0.05, 0) is 50.6 Å². The minimum atomic E-state index is -0.577. The minimum Gasteiger partial charge on any atom is -0.437 e. The summed E-state index contributed by atoms with van der Waals surface area (Å²) in [6.45, 7) is 8.05. The minimum absolute atomic E-state index is 0.278. The highest BCUT2D eigenvalue weighted by Gasteiger charge is 2.18. The van der Waals surface area contributed by atoms with Gasteiger partial charge in [0.05, 0.1) is 5.56 Å². The Morgan fingerprint density at radius 2 is 1.82 bits per heavy atom. The number of nitrogens with one attached hydrogen (secondary N) is 1. The standard InChI is InChI=1S/C22H22N4O2/c1-4-26(5-2)16-11-10-15-12-17-20(23-18-9-7-6-8-14(18)3)24-22(27)25-21(17)28-19(15)13-16/h6-13H,4-5H2,1-3H3,(H,23,24,27). The molecule has 2 heterocycles. The lowest BCUT2D eigenvalue weighted by Crippen LogP contribution is -2.21. The number of aryl methyl sites for hydroxylation is 1. The van der Waals surface area contributed by atoms with Crippen LogP contribution >= 0.6 is 0 Å². The Morgan fingerprint density at radius 3 is 2.57 bits per heavy atom. The van der Waals surface area contributed by atoms with E-state index in [9.17, 15) is 4.79 Å². The van der Waals surface area contributed by atoms with E-state index in [0.717, 1.165) is 35.4 Å². The van der Waals surface area contributed by atoms with Gasteiger partial charge in [-0.3, -0.25) is 0 Å². The summed E-state index contributed by atoms with van der Waals surface area (Å²) in [5.74, 6) is 0.725. The van der Waals surface area contributed by atoms with Gasteiger partial charge in [-0.15, -0.1) is 0 Å². The molecule has 6 heteroatoms. The fraction of sp³-hybridized carbons (Fsp3) is 0.227. The van der Waals surface area contributed by atoms with E-state index in [-0.39, 0.29) is 5.89 Å². The van der Waals surface area contributed by atoms with Gasteiger partial charge in [0.15, 0.2) is 0 Å². The molecule has 0 aromatic heterocycles. The fourth-order valence-corrected chi connectivity index (χ4v) is 3.35. The molecule has 0 atom stereocenters. The van der Waals surface area contributed by atoms with Crippen molar-refractivity contribution in [3.63, 3.8) is 0 Å². The molecule has 2 aliphatic rings. The highest BCUT2D eigenvalue weighted by molar-refractivity contribution is 5.88. The van der Waals surface area contributed by atoms with E-state index >= 15 is 0 Å². The van der Waals surface area contributed by atoms with Gasteiger partial charge in [0.1, 0.15) is 11.4 Å². The maximum atomic E-state index is 12.1. The van der Waals surface area contributed by atoms with E-state index < -0.39 is 5.69 Å². The van der Waals surface area contributed by atoms with Crippen LogP contribution in [0.4, 0.5) is 17.2 Å². The van der Waals surface area contributed by atoms with Crippen molar-refractivity contribution < 1.29 is 4.42 Å². The Labute approximate surface area is 163 Å². The Kier molecular flexibility index (Phi) is 4.69. The SMILES string of the molecule is CCN(CC)c1ccc2cc3c(Nc4ccccc4C)nc(=O)nc-3oc2c1. The molecule has 2 aliphatic heterocycles. The molecule has 142 valence electrons. The molecule has 1 N–H and O–H groups in total. The monoisotopic (exact) mass is 374 g/mol. The number of aromatic nitrogens is 2. The van der Waals surface area contributed by atoms with Crippen molar-refractivity contribution in [2.45, 2.75) is 20.8 Å². The molecule has 0 saturated heterocycles. The largest absolute Gasteiger partial charge is 0.437 e. The predicted molar refractivity (Wildman–Crippen MR) is 113 cm³/mol. The van der Waals surface area contributed by atoms with Crippen molar-refractivity contribution in [2.24, 2.45) is 0 Å². The van der Waals surface area contributed by atoms with E-state index in [1.165, 1.54) is 0 Å². The molecule has 0 bridgehead atoms. The summed E-state index contributed by atoms with van der Waals surface area (Å²) in [6.07, 6.45) is 0. The highest BCUT2D eigenvalue weighted by Crippen LogP contribution is 2.33. The van der Waals surface area contributed by atoms with Crippen molar-refractivity contribution in [1.82, 2.24) is 9.97 Å². The third kappa shape index (κ3) is 3.29. The van der Waals surface area contributed by atoms with Gasteiger partial charge >= 0.3 is 5.69 Å². The van der Waals surface area contributed by atoms with E-state index in [4.69, 9.17) is 4.42 Å². The van der Waals surface area contributed by atoms with Crippen LogP contribution in [0.5, 0.6) is 0 Å². The van der Waals surface area contributed by atoms with Gasteiger partial charge in [-0.25, -0.2) is 4.79 Å². The number of hydrogen-bond donors (Lipinski definition) is 1. The molecule has 2 aromatic rings. The Balaban J connectivity index is 1.86. The average Bonchev–Trinajstić information content (AvgIpc) is 2.69. The van der Waals surface area contributed by atoms with Crippen LogP contribution in [0.2, 0.25) is 0 Å². The molecule has 0 amide bonds. The molecule has 2 aromatic carbocycles. The van der Waals surface area contributed by atoms with Crippen LogP contribution in [0.15, 0.2) is 57.7 Å². The van der Waals surface area contributed by atoms with Crippen molar-refractivity contribution in [2.75, 3.05) is 23.3 Å². The zero-order valence-electron chi connectivity index (χ0n) is 16.2. The van der Waals surface area contributed by atoms with Gasteiger partial charge in [-0.1, -0.05) is 18.2 Å². The third-order valence-corrected chi connectivity index (χ3v) is 4.92. The predicted octanol–water partition coefficient (Wildman–Crippen LogP) is 4.59. The van der Waals surface area contributed by atoms with Gasteiger partial charge < -0.3 is 14.6 Å². The van der Waals surface area contributed by atoms with Crippen LogP contribution in [-0.2, 0) is 0 Å². The Morgan fingerprint density at radius 1 is 1.04 bits per heavy atom. The first-order valence-electron chi connectivity index (χ1n) is 9.42. The number of fused-ring (bicyclic) bond motifs is 2. The first-order valence-corrected chi connectivity index (χ1v) is 9.42. The normalized spacial score (nSPS) is 11.1. The van der Waals surface area contributed by atoms with Crippen LogP contribution in [-0.4, -0.2) is 23.1 Å². The van der Waals surface area contributed by atoms with Crippen molar-refractivity contribution in [3.05, 3.63) is 64.6 Å². The van der Waals surface area contributed by atoms with Crippen molar-refractivity contribution in [3.8, 4) is 11.5 Å². The van der Waals surface area contributed by atoms with Crippen LogP contribution in [0.25, 0.3) is 22.4 Å². The van der Waals surface area contributed by atoms with Gasteiger partial charge in [-0.2, -0.15) is 9.97 Å². The second-order valence-electron chi connectivity index (χ2n) is 6.65. The highest BCUT2D eigenvalue weighted by atomic mass is 16.3. The van der Waals surface area contributed by atoms with Crippen LogP contribution < -0.4 is 15.9 Å². The number of para-hydroxylation sites is 1. The lowest BCUT2D eigenvalue weighted by atomic mass is 10.1. The first kappa shape index (κ1) is 18.0. The topological polar surface area (TPSA) is 71.3 Å². The molecule has 0 aliphatic carbocycles. The number of benzene rings is 2. The first-order chi connectivity index (χ1) is 13.6. The fourth-order valence-electron chi connectivity index (χ4n) is 3.35. The molecule has 0 unspecified atom stereocenters. The molecule has 0 fully saturated rings. The van der Waals surface area contributed by atoms with E-state index in [2.05, 4.69) is 40.1 Å². The summed E-state index contributed by atoms with van der Waals surface area (Å²) in [6, 6.07) is 15.9. The summed E-state index contributed by atoms with van der Waals surface area (Å²) >= 11 is 0. The van der Waals surface area contributed by atoms with Crippen molar-refractivity contribution >= 4 is 28.2 Å². The van der Waals surface area contributed by atoms with Crippen LogP contribution in [0.3, 0.4) is 0 Å². The molecule has 0 saturated carbocycles. The quantitative estimate of drug-likeness (QED) is 0.515. The van der Waals surface area contributed by atoms with Gasteiger partial charge in [0.25, 0.3) is 0 Å². The number of hydrogen-bond acceptors (Lipinski definition) is 6. The lowest BCUT2D eigenvalue weighted by molar-refractivity contribution is 0.594. The second kappa shape index (κ2) is 7.31. The molecule has 0 spiro atoms. The smallest absolute Gasteiger partial charge is 0.372 e. The Hall–Kier alpha value is -3.41. The van der Waals surface area contributed by atoms with Gasteiger partial charge in [0.2, 0.25) is 5.89 Å². The van der Waals surface area contributed by atoms with Crippen LogP contribution in [0, 0.1) is 6.92 Å². The molecular formula is C22H22N4O2. The third-order valence-electron chi connectivity index (χ3n) is 4.92. The lowest BCUT2D eigenvalue weighted by Gasteiger charge is -2.21. The van der Waals surface area contributed by atoms with E-state index in [1.54, 1.807) is 0 Å². The molecule has 0 radical (unpaired) electrons. The number of anilines is 3. The zero-order chi connectivity index (χ0) is 19.7. The summed E-state index contributed by atoms with van der Waals surface area (Å²) in [7, 11) is 0. The van der Waals surface area contributed by atoms with Crippen LogP contribution in [0.1, 0.15) is 19.4 Å². The summed E-state index contributed by atoms with van der Waals surface area (Å²) in [5, 5.41) is 4.18. The number of nitrogens with zero attached hydrogens (tertiary/aromatic N) is 3. The summed E-state index contributed by atoms with van der Waals surface area (Å²) < 4.78 is 6.00. The second-order valence-corrected chi connectivity index (χ2v) is 6.65. The summed E-state index contributed by atoms with van der Waals surface area (Å²) in [4.78, 5) is 22.3. The number of rotatable bonds is 5. The zero-order valence-corrected chi connectivity index (χ0v) is 16.2. The maximum absolute atomic E-state index is 12.1. The van der Waals surface area contributed by atoms with E-state index in [0.29, 0.717) is 17.0 Å². The summed E-state index contributed by atoms with van der Waals surface area (Å²) in [5.41, 5.74) is 3.81. The van der Waals surface area contributed by atoms with E-state index in [1.807, 2.05) is 49.4 Å². The molecule has 6 nitrogen and oxygen atoms in total. The van der Waals surface area contributed by atoms with Crippen molar-refractivity contribution in [1.29, 1.82) is 0 Å². The van der Waals surface area contributed by atoms with Gasteiger partial charge in [0, 0.05) is 35.9 Å². The average molecular weight is 374 g/mol. The molecular weight excluding hydrogens is 352 g/mol.